The summed E-state index contributed by atoms with van der Waals surface area (Å²) < 4.78 is 4.96. The summed E-state index contributed by atoms with van der Waals surface area (Å²) in [5.74, 6) is -0.271. The molecule has 2 heterocycles. The van der Waals surface area contributed by atoms with Crippen molar-refractivity contribution in [1.82, 2.24) is 4.98 Å². The van der Waals surface area contributed by atoms with E-state index in [1.54, 1.807) is 6.07 Å². The normalized spacial score (nSPS) is 11.8. The molecule has 0 fully saturated rings. The maximum Gasteiger partial charge on any atom is 0.331 e. The summed E-state index contributed by atoms with van der Waals surface area (Å²) in [6, 6.07) is 8.89. The van der Waals surface area contributed by atoms with Gasteiger partial charge in [-0.15, -0.1) is 10.2 Å². The first-order chi connectivity index (χ1) is 10.6. The van der Waals surface area contributed by atoms with Crippen LogP contribution in [-0.2, 0) is 0 Å². The van der Waals surface area contributed by atoms with E-state index in [1.165, 1.54) is 12.3 Å². The molecule has 0 saturated heterocycles. The number of nitrogens with one attached hydrogen (secondary N) is 1. The summed E-state index contributed by atoms with van der Waals surface area (Å²) in [5, 5.41) is 18.2. The lowest BCUT2D eigenvalue weighted by Gasteiger charge is -2.04. The van der Waals surface area contributed by atoms with E-state index in [2.05, 4.69) is 29.1 Å². The molecule has 3 rings (SSSR count). The molecule has 1 amide bonds. The quantitative estimate of drug-likeness (QED) is 0.696. The van der Waals surface area contributed by atoms with Gasteiger partial charge < -0.3 is 14.5 Å². The number of aromatic nitrogens is 1. The number of hydrogen-bond donors (Lipinski definition) is 2. The van der Waals surface area contributed by atoms with Crippen LogP contribution in [0.3, 0.4) is 0 Å². The third-order valence-corrected chi connectivity index (χ3v) is 3.42. The fourth-order valence-electron chi connectivity index (χ4n) is 2.19. The second-order valence-electron chi connectivity index (χ2n) is 5.26. The third-order valence-electron chi connectivity index (χ3n) is 3.42. The van der Waals surface area contributed by atoms with Crippen LogP contribution < -0.4 is 0 Å². The number of furan rings is 1. The predicted molar refractivity (Wildman–Crippen MR) is 81.6 cm³/mol. The number of fused-ring (bicyclic) bond motifs is 1. The van der Waals surface area contributed by atoms with Gasteiger partial charge in [0.2, 0.25) is 5.88 Å². The predicted octanol–water partition coefficient (Wildman–Crippen LogP) is 4.51. The lowest BCUT2D eigenvalue weighted by molar-refractivity contribution is 0.0968. The number of benzene rings is 1. The van der Waals surface area contributed by atoms with E-state index in [1.807, 2.05) is 18.2 Å². The smallest absolute Gasteiger partial charge is 0.331 e. The van der Waals surface area contributed by atoms with Gasteiger partial charge in [-0.05, 0) is 35.7 Å². The number of carbonyl (C=O) groups excluding carboxylic acids is 1. The largest absolute Gasteiger partial charge is 0.493 e. The average molecular weight is 297 g/mol. The minimum atomic E-state index is -0.598. The second-order valence-corrected chi connectivity index (χ2v) is 5.26. The number of aromatic amines is 1. The van der Waals surface area contributed by atoms with Gasteiger partial charge in [-0.2, -0.15) is 0 Å². The molecule has 3 aromatic rings. The molecule has 0 aliphatic heterocycles. The molecule has 0 unspecified atom stereocenters. The van der Waals surface area contributed by atoms with E-state index in [0.29, 0.717) is 5.92 Å². The molecule has 2 N–H and O–H groups in total. The summed E-state index contributed by atoms with van der Waals surface area (Å²) >= 11 is 0. The second kappa shape index (κ2) is 5.48. The molecule has 6 nitrogen and oxygen atoms in total. The number of H-pyrrole nitrogens is 1. The highest BCUT2D eigenvalue weighted by atomic mass is 16.3. The third kappa shape index (κ3) is 2.50. The van der Waals surface area contributed by atoms with Crippen molar-refractivity contribution in [3.8, 4) is 5.88 Å². The van der Waals surface area contributed by atoms with Crippen molar-refractivity contribution in [2.24, 2.45) is 10.2 Å². The van der Waals surface area contributed by atoms with Crippen LogP contribution in [-0.4, -0.2) is 16.0 Å². The number of carbonyl (C=O) groups is 1. The summed E-state index contributed by atoms with van der Waals surface area (Å²) in [5.41, 5.74) is 2.10. The number of nitrogens with zero attached hydrogens (tertiary/aromatic N) is 2. The molecule has 0 radical (unpaired) electrons. The number of azo groups is 1. The maximum atomic E-state index is 11.8. The first-order valence-corrected chi connectivity index (χ1v) is 6.90. The van der Waals surface area contributed by atoms with Crippen molar-refractivity contribution >= 4 is 22.5 Å². The molecule has 6 heteroatoms. The fraction of sp³-hybridized carbons (Fsp3) is 0.188. The highest BCUT2D eigenvalue weighted by Gasteiger charge is 2.13. The van der Waals surface area contributed by atoms with Gasteiger partial charge in [-0.1, -0.05) is 19.9 Å². The first-order valence-electron chi connectivity index (χ1n) is 6.90. The van der Waals surface area contributed by atoms with Crippen LogP contribution in [0, 0.1) is 0 Å². The maximum absolute atomic E-state index is 11.8. The topological polar surface area (TPSA) is 91.0 Å². The molecule has 1 aromatic carbocycles. The molecule has 0 aliphatic rings. The van der Waals surface area contributed by atoms with Crippen molar-refractivity contribution in [2.45, 2.75) is 19.8 Å². The Morgan fingerprint density at radius 2 is 2.14 bits per heavy atom. The van der Waals surface area contributed by atoms with Crippen LogP contribution in [0.5, 0.6) is 5.88 Å². The van der Waals surface area contributed by atoms with Crippen molar-refractivity contribution in [3.63, 3.8) is 0 Å². The Bertz CT molecular complexity index is 845. The zero-order chi connectivity index (χ0) is 15.7. The van der Waals surface area contributed by atoms with Crippen molar-refractivity contribution in [3.05, 3.63) is 47.9 Å². The van der Waals surface area contributed by atoms with E-state index in [9.17, 15) is 9.90 Å². The van der Waals surface area contributed by atoms with E-state index >= 15 is 0 Å². The summed E-state index contributed by atoms with van der Waals surface area (Å²) in [6.45, 7) is 4.16. The fourth-order valence-corrected chi connectivity index (χ4v) is 2.19. The number of hydrogen-bond acceptors (Lipinski definition) is 4. The molecular weight excluding hydrogens is 282 g/mol. The molecule has 22 heavy (non-hydrogen) atoms. The Labute approximate surface area is 126 Å². The van der Waals surface area contributed by atoms with Gasteiger partial charge in [0.15, 0.2) is 11.4 Å². The van der Waals surface area contributed by atoms with Crippen molar-refractivity contribution < 1.29 is 14.3 Å². The molecule has 0 atom stereocenters. The average Bonchev–Trinajstić information content (AvgIpc) is 3.11. The first kappa shape index (κ1) is 14.1. The van der Waals surface area contributed by atoms with Crippen LogP contribution in [0.4, 0.5) is 5.69 Å². The minimum Gasteiger partial charge on any atom is -0.493 e. The summed E-state index contributed by atoms with van der Waals surface area (Å²) in [4.78, 5) is 14.6. The molecule has 0 bridgehead atoms. The van der Waals surface area contributed by atoms with Gasteiger partial charge in [0, 0.05) is 5.39 Å². The van der Waals surface area contributed by atoms with Gasteiger partial charge in [-0.3, -0.25) is 4.79 Å². The Kier molecular flexibility index (Phi) is 3.50. The number of amides is 1. The molecule has 112 valence electrons. The van der Waals surface area contributed by atoms with Crippen LogP contribution in [0.1, 0.15) is 35.9 Å². The Hall–Kier alpha value is -2.89. The summed E-state index contributed by atoms with van der Waals surface area (Å²) in [6.07, 6.45) is 1.39. The van der Waals surface area contributed by atoms with Crippen molar-refractivity contribution in [2.75, 3.05) is 0 Å². The van der Waals surface area contributed by atoms with Crippen molar-refractivity contribution in [1.29, 1.82) is 0 Å². The molecule has 0 aliphatic carbocycles. The SMILES string of the molecule is CC(C)c1ccc2[nH]c(O)c(N=NC(=O)c3ccco3)c2c1. The molecule has 0 saturated carbocycles. The van der Waals surface area contributed by atoms with E-state index in [-0.39, 0.29) is 17.3 Å². The van der Waals surface area contributed by atoms with E-state index in [0.717, 1.165) is 16.5 Å². The van der Waals surface area contributed by atoms with Gasteiger partial charge in [-0.25, -0.2) is 0 Å². The van der Waals surface area contributed by atoms with Crippen LogP contribution >= 0.6 is 0 Å². The van der Waals surface area contributed by atoms with Gasteiger partial charge in [0.05, 0.1) is 11.8 Å². The Morgan fingerprint density at radius 1 is 1.32 bits per heavy atom. The lowest BCUT2D eigenvalue weighted by Crippen LogP contribution is -1.89. The Morgan fingerprint density at radius 3 is 2.82 bits per heavy atom. The number of aromatic hydroxyl groups is 1. The number of rotatable bonds is 3. The minimum absolute atomic E-state index is 0.103. The highest BCUT2D eigenvalue weighted by Crippen LogP contribution is 2.37. The van der Waals surface area contributed by atoms with E-state index < -0.39 is 5.91 Å². The van der Waals surface area contributed by atoms with Gasteiger partial charge in [0.1, 0.15) is 0 Å². The Balaban J connectivity index is 2.00. The monoisotopic (exact) mass is 297 g/mol. The van der Waals surface area contributed by atoms with Crippen LogP contribution in [0.15, 0.2) is 51.2 Å². The van der Waals surface area contributed by atoms with Crippen LogP contribution in [0.2, 0.25) is 0 Å². The lowest BCUT2D eigenvalue weighted by atomic mass is 10.0. The molecule has 2 aromatic heterocycles. The van der Waals surface area contributed by atoms with Gasteiger partial charge >= 0.3 is 5.91 Å². The van der Waals surface area contributed by atoms with E-state index in [4.69, 9.17) is 4.42 Å². The highest BCUT2D eigenvalue weighted by molar-refractivity contribution is 5.96. The van der Waals surface area contributed by atoms with Gasteiger partial charge in [0.25, 0.3) is 0 Å². The van der Waals surface area contributed by atoms with Crippen LogP contribution in [0.25, 0.3) is 10.9 Å². The molecular formula is C16H15N3O3. The standard InChI is InChI=1S/C16H15N3O3/c1-9(2)10-5-6-12-11(8-10)14(16(21)17-12)18-19-15(20)13-4-3-7-22-13/h3-9,17,21H,1-2H3. The summed E-state index contributed by atoms with van der Waals surface area (Å²) in [7, 11) is 0. The zero-order valence-electron chi connectivity index (χ0n) is 12.2. The molecule has 0 spiro atoms. The zero-order valence-corrected chi connectivity index (χ0v) is 12.2.